The van der Waals surface area contributed by atoms with Crippen LogP contribution in [0.3, 0.4) is 0 Å². The normalized spacial score (nSPS) is 12.4. The lowest BCUT2D eigenvalue weighted by Gasteiger charge is -2.25. The van der Waals surface area contributed by atoms with Crippen molar-refractivity contribution in [2.24, 2.45) is 0 Å². The number of benzene rings is 4. The molecule has 2 N–H and O–H groups in total. The second-order valence-corrected chi connectivity index (χ2v) is 11.6. The minimum Gasteiger partial charge on any atom is -0.491 e. The van der Waals surface area contributed by atoms with Crippen molar-refractivity contribution in [2.45, 2.75) is 28.9 Å². The van der Waals surface area contributed by atoms with Crippen LogP contribution in [0.2, 0.25) is 5.02 Å². The summed E-state index contributed by atoms with van der Waals surface area (Å²) in [5, 5.41) is 20.4. The minimum atomic E-state index is -3.72. The lowest BCUT2D eigenvalue weighted by Crippen LogP contribution is -2.30. The summed E-state index contributed by atoms with van der Waals surface area (Å²) < 4.78 is 31.7. The van der Waals surface area contributed by atoms with E-state index in [1.165, 1.54) is 12.1 Å². The van der Waals surface area contributed by atoms with E-state index < -0.39 is 15.9 Å². The van der Waals surface area contributed by atoms with E-state index in [0.717, 1.165) is 16.7 Å². The molecule has 0 unspecified atom stereocenters. The van der Waals surface area contributed by atoms with Gasteiger partial charge in [-0.15, -0.1) is 0 Å². The van der Waals surface area contributed by atoms with Crippen LogP contribution in [0.1, 0.15) is 22.8 Å². The van der Waals surface area contributed by atoms with E-state index >= 15 is 0 Å². The van der Waals surface area contributed by atoms with E-state index in [1.54, 1.807) is 36.4 Å². The fraction of sp³-hybridized carbons (Fsp3) is 0.226. The standard InChI is InChI=1S/C31H32ClNO5S/c32-27-9-4-8-26(20-27)31(35)23-33(22-25-6-2-1-3-7-25)17-16-24-12-14-29(15-13-24)39(36,37)30-11-5-10-28(21-30)38-19-18-34/h1-15,20-21,31,34-35H,16-19,22-23H2/t31-/m0/s1. The van der Waals surface area contributed by atoms with Crippen molar-refractivity contribution in [3.8, 4) is 5.75 Å². The first kappa shape index (κ1) is 28.8. The molecular weight excluding hydrogens is 534 g/mol. The van der Waals surface area contributed by atoms with Crippen LogP contribution in [0.15, 0.2) is 113 Å². The SMILES string of the molecule is O=S(=O)(c1ccc(CCN(Cc2ccccc2)C[C@H](O)c2cccc(Cl)c2)cc1)c1cccc(OCCO)c1. The van der Waals surface area contributed by atoms with Gasteiger partial charge in [0.1, 0.15) is 12.4 Å². The van der Waals surface area contributed by atoms with Gasteiger partial charge >= 0.3 is 0 Å². The zero-order valence-electron chi connectivity index (χ0n) is 21.5. The Kier molecular flexibility index (Phi) is 10.1. The van der Waals surface area contributed by atoms with Gasteiger partial charge in [0.2, 0.25) is 9.84 Å². The van der Waals surface area contributed by atoms with Gasteiger partial charge in [0.25, 0.3) is 0 Å². The molecule has 4 aromatic carbocycles. The van der Waals surface area contributed by atoms with Gasteiger partial charge in [-0.25, -0.2) is 8.42 Å². The van der Waals surface area contributed by atoms with Crippen LogP contribution in [-0.2, 0) is 22.8 Å². The molecule has 0 aromatic heterocycles. The van der Waals surface area contributed by atoms with Crippen molar-refractivity contribution >= 4 is 21.4 Å². The molecule has 0 aliphatic carbocycles. The molecule has 1 atom stereocenters. The number of aliphatic hydroxyl groups is 2. The summed E-state index contributed by atoms with van der Waals surface area (Å²) in [4.78, 5) is 2.52. The maximum atomic E-state index is 13.2. The van der Waals surface area contributed by atoms with Crippen LogP contribution in [0, 0.1) is 0 Å². The molecule has 8 heteroatoms. The van der Waals surface area contributed by atoms with Gasteiger partial charge < -0.3 is 14.9 Å². The summed E-state index contributed by atoms with van der Waals surface area (Å²) in [6.07, 6.45) is -0.0167. The summed E-state index contributed by atoms with van der Waals surface area (Å²) in [7, 11) is -3.72. The number of halogens is 1. The predicted octanol–water partition coefficient (Wildman–Crippen LogP) is 5.32. The minimum absolute atomic E-state index is 0.0929. The summed E-state index contributed by atoms with van der Waals surface area (Å²) in [5.41, 5.74) is 2.90. The lowest BCUT2D eigenvalue weighted by molar-refractivity contribution is 0.109. The smallest absolute Gasteiger partial charge is 0.206 e. The summed E-state index contributed by atoms with van der Waals surface area (Å²) in [5.74, 6) is 0.389. The van der Waals surface area contributed by atoms with E-state index in [4.69, 9.17) is 21.4 Å². The van der Waals surface area contributed by atoms with Gasteiger partial charge in [0, 0.05) is 24.7 Å². The average Bonchev–Trinajstić information content (AvgIpc) is 2.95. The molecule has 0 aliphatic rings. The van der Waals surface area contributed by atoms with Gasteiger partial charge in [-0.05, 0) is 65.6 Å². The molecule has 4 rings (SSSR count). The largest absolute Gasteiger partial charge is 0.491 e. The average molecular weight is 566 g/mol. The summed E-state index contributed by atoms with van der Waals surface area (Å²) in [6.45, 7) is 1.70. The second-order valence-electron chi connectivity index (χ2n) is 9.24. The van der Waals surface area contributed by atoms with E-state index in [9.17, 15) is 13.5 Å². The molecule has 0 radical (unpaired) electrons. The molecule has 4 aromatic rings. The van der Waals surface area contributed by atoms with Crippen LogP contribution < -0.4 is 4.74 Å². The highest BCUT2D eigenvalue weighted by molar-refractivity contribution is 7.91. The Bertz CT molecular complexity index is 1450. The fourth-order valence-electron chi connectivity index (χ4n) is 4.29. The fourth-order valence-corrected chi connectivity index (χ4v) is 5.79. The monoisotopic (exact) mass is 565 g/mol. The Morgan fingerprint density at radius 3 is 2.28 bits per heavy atom. The molecule has 0 saturated carbocycles. The molecular formula is C31H32ClNO5S. The van der Waals surface area contributed by atoms with Crippen LogP contribution >= 0.6 is 11.6 Å². The van der Waals surface area contributed by atoms with E-state index in [1.807, 2.05) is 42.5 Å². The van der Waals surface area contributed by atoms with Crippen molar-refractivity contribution in [3.63, 3.8) is 0 Å². The number of nitrogens with zero attached hydrogens (tertiary/aromatic N) is 1. The number of rotatable bonds is 13. The number of hydrogen-bond acceptors (Lipinski definition) is 6. The van der Waals surface area contributed by atoms with Crippen molar-refractivity contribution < 1.29 is 23.4 Å². The summed E-state index contributed by atoms with van der Waals surface area (Å²) >= 11 is 6.13. The Balaban J connectivity index is 1.45. The van der Waals surface area contributed by atoms with Crippen LogP contribution in [0.5, 0.6) is 5.75 Å². The third kappa shape index (κ3) is 8.14. The molecule has 204 valence electrons. The highest BCUT2D eigenvalue weighted by Gasteiger charge is 2.19. The third-order valence-corrected chi connectivity index (χ3v) is 8.34. The molecule has 0 heterocycles. The van der Waals surface area contributed by atoms with Gasteiger partial charge in [-0.2, -0.15) is 0 Å². The Hall–Kier alpha value is -3.20. The first-order valence-electron chi connectivity index (χ1n) is 12.7. The number of ether oxygens (including phenoxy) is 1. The zero-order chi connectivity index (χ0) is 27.7. The van der Waals surface area contributed by atoms with Crippen LogP contribution in [0.25, 0.3) is 0 Å². The number of sulfone groups is 1. The molecule has 0 saturated heterocycles. The molecule has 6 nitrogen and oxygen atoms in total. The van der Waals surface area contributed by atoms with Crippen LogP contribution in [-0.4, -0.2) is 49.8 Å². The maximum absolute atomic E-state index is 13.2. The van der Waals surface area contributed by atoms with Crippen LogP contribution in [0.4, 0.5) is 0 Å². The Morgan fingerprint density at radius 2 is 1.56 bits per heavy atom. The van der Waals surface area contributed by atoms with Gasteiger partial charge in [-0.3, -0.25) is 4.90 Å². The third-order valence-electron chi connectivity index (χ3n) is 6.34. The van der Waals surface area contributed by atoms with E-state index in [-0.39, 0.29) is 23.0 Å². The highest BCUT2D eigenvalue weighted by Crippen LogP contribution is 2.25. The first-order valence-corrected chi connectivity index (χ1v) is 14.6. The van der Waals surface area contributed by atoms with Gasteiger partial charge in [-0.1, -0.05) is 72.3 Å². The Morgan fingerprint density at radius 1 is 0.821 bits per heavy atom. The highest BCUT2D eigenvalue weighted by atomic mass is 35.5. The molecule has 0 fully saturated rings. The number of hydrogen-bond donors (Lipinski definition) is 2. The van der Waals surface area contributed by atoms with E-state index in [2.05, 4.69) is 17.0 Å². The van der Waals surface area contributed by atoms with Gasteiger partial charge in [0.15, 0.2) is 0 Å². The summed E-state index contributed by atoms with van der Waals surface area (Å²) in [6, 6.07) is 30.5. The predicted molar refractivity (Wildman–Crippen MR) is 153 cm³/mol. The molecule has 0 bridgehead atoms. The number of aliphatic hydroxyl groups excluding tert-OH is 2. The van der Waals surface area contributed by atoms with Crippen molar-refractivity contribution in [1.29, 1.82) is 0 Å². The van der Waals surface area contributed by atoms with Gasteiger partial charge in [0.05, 0.1) is 22.5 Å². The first-order chi connectivity index (χ1) is 18.8. The van der Waals surface area contributed by atoms with Crippen molar-refractivity contribution in [3.05, 3.63) is 125 Å². The quantitative estimate of drug-likeness (QED) is 0.228. The van der Waals surface area contributed by atoms with Crippen molar-refractivity contribution in [2.75, 3.05) is 26.3 Å². The lowest BCUT2D eigenvalue weighted by atomic mass is 10.1. The Labute approximate surface area is 235 Å². The molecule has 0 amide bonds. The molecule has 0 aliphatic heterocycles. The zero-order valence-corrected chi connectivity index (χ0v) is 23.1. The molecule has 39 heavy (non-hydrogen) atoms. The van der Waals surface area contributed by atoms with E-state index in [0.29, 0.717) is 36.8 Å². The maximum Gasteiger partial charge on any atom is 0.206 e. The van der Waals surface area contributed by atoms with Crippen molar-refractivity contribution in [1.82, 2.24) is 4.90 Å². The molecule has 0 spiro atoms. The second kappa shape index (κ2) is 13.7. The topological polar surface area (TPSA) is 87.1 Å².